The molecule has 0 unspecified atom stereocenters. The highest BCUT2D eigenvalue weighted by molar-refractivity contribution is 6.71. The van der Waals surface area contributed by atoms with Gasteiger partial charge in [0.25, 0.3) is 17.5 Å². The molecule has 2 aromatic rings. The Labute approximate surface area is 299 Å². The number of carbonyl (C=O) groups is 3. The number of aliphatic hydroxyl groups is 5. The molecule has 3 saturated heterocycles. The molecular weight excluding hydrogens is 700 g/mol. The Hall–Kier alpha value is -3.85. The molecule has 0 aliphatic carbocycles. The minimum atomic E-state index is -3.15. The number of nitrogens with one attached hydrogen (secondary N) is 1. The number of anilines is 2. The Morgan fingerprint density at radius 2 is 1.77 bits per heavy atom. The second kappa shape index (κ2) is 14.2. The number of aliphatic hydroxyl groups excluding tert-OH is 5. The molecule has 52 heavy (non-hydrogen) atoms. The number of likely N-dealkylation sites (tertiary alicyclic amines) is 1. The molecule has 0 radical (unpaired) electrons. The van der Waals surface area contributed by atoms with E-state index in [1.165, 1.54) is 35.2 Å². The van der Waals surface area contributed by atoms with Crippen LogP contribution in [0.4, 0.5) is 17.1 Å². The van der Waals surface area contributed by atoms with Crippen LogP contribution in [0.25, 0.3) is 0 Å². The third-order valence-corrected chi connectivity index (χ3v) is 13.4. The smallest absolute Gasteiger partial charge is 0.269 e. The Morgan fingerprint density at radius 1 is 1.08 bits per heavy atom. The molecule has 4 heterocycles. The zero-order valence-corrected chi connectivity index (χ0v) is 29.9. The van der Waals surface area contributed by atoms with Crippen molar-refractivity contribution in [2.24, 2.45) is 5.92 Å². The molecule has 0 aromatic heterocycles. The van der Waals surface area contributed by atoms with Crippen LogP contribution in [-0.4, -0.2) is 122 Å². The number of hydrogen-bond donors (Lipinski definition) is 7. The van der Waals surface area contributed by atoms with Crippen molar-refractivity contribution in [3.8, 4) is 0 Å². The van der Waals surface area contributed by atoms with Gasteiger partial charge in [0.05, 0.1) is 42.3 Å². The summed E-state index contributed by atoms with van der Waals surface area (Å²) in [6, 6.07) is 10.0. The summed E-state index contributed by atoms with van der Waals surface area (Å²) >= 11 is 0. The molecule has 0 saturated carbocycles. The molecule has 1 spiro atoms. The van der Waals surface area contributed by atoms with Crippen LogP contribution in [0.2, 0.25) is 18.6 Å². The standard InChI is InChI=1S/C34H44N4O13Si/c1-17-30(52(2,3)49)24(14-25(40)36-12-4-5-21(36)16-39)51-34(17)22-13-20(38(47)48)10-11-23(22)37(33(34)46)15-18-6-8-19(9-7-18)35-31(44)29-27(42)26(41)28(43)32(45)50-29/h6-11,13,17,21,24,26-30,32,39,41-43,45,49H,4-5,12,14-16H2,1-3H3,(H,35,44)/t17-,21-,24+,26-,27-,28+,29-,30-,32+,34+/m0/s1. The normalized spacial score (nSPS) is 33.1. The Kier molecular flexibility index (Phi) is 10.3. The van der Waals surface area contributed by atoms with Crippen molar-refractivity contribution >= 4 is 43.1 Å². The first kappa shape index (κ1) is 37.9. The van der Waals surface area contributed by atoms with Gasteiger partial charge in [0.15, 0.2) is 26.3 Å². The maximum Gasteiger partial charge on any atom is 0.269 e. The largest absolute Gasteiger partial charge is 0.432 e. The van der Waals surface area contributed by atoms with Crippen molar-refractivity contribution in [2.45, 2.75) is 99.8 Å². The van der Waals surface area contributed by atoms with E-state index in [0.717, 1.165) is 6.42 Å². The molecule has 17 nitrogen and oxygen atoms in total. The molecule has 7 N–H and O–H groups in total. The zero-order chi connectivity index (χ0) is 37.9. The number of nitrogens with zero attached hydrogens (tertiary/aromatic N) is 3. The monoisotopic (exact) mass is 744 g/mol. The second-order valence-electron chi connectivity index (χ2n) is 14.6. The van der Waals surface area contributed by atoms with Crippen LogP contribution < -0.4 is 10.2 Å². The lowest BCUT2D eigenvalue weighted by atomic mass is 9.82. The van der Waals surface area contributed by atoms with E-state index in [4.69, 9.17) is 9.47 Å². The summed E-state index contributed by atoms with van der Waals surface area (Å²) in [6.45, 7) is 5.45. The van der Waals surface area contributed by atoms with Gasteiger partial charge in [-0.15, -0.1) is 0 Å². The van der Waals surface area contributed by atoms with E-state index in [-0.39, 0.29) is 48.5 Å². The fraction of sp³-hybridized carbons (Fsp3) is 0.559. The summed E-state index contributed by atoms with van der Waals surface area (Å²) in [4.78, 5) is 67.1. The van der Waals surface area contributed by atoms with E-state index < -0.39 is 78.9 Å². The van der Waals surface area contributed by atoms with Crippen molar-refractivity contribution in [3.63, 3.8) is 0 Å². The molecule has 0 bridgehead atoms. The molecule has 6 rings (SSSR count). The lowest BCUT2D eigenvalue weighted by molar-refractivity contribution is -0.385. The van der Waals surface area contributed by atoms with Crippen LogP contribution in [-0.2, 0) is 36.0 Å². The van der Waals surface area contributed by atoms with Crippen molar-refractivity contribution < 1.29 is 59.1 Å². The summed E-state index contributed by atoms with van der Waals surface area (Å²) < 4.78 is 11.7. The average molecular weight is 745 g/mol. The topological polar surface area (TPSA) is 253 Å². The summed E-state index contributed by atoms with van der Waals surface area (Å²) in [6.07, 6.45) is -8.63. The number of amides is 3. The Balaban J connectivity index is 1.27. The van der Waals surface area contributed by atoms with Gasteiger partial charge in [0, 0.05) is 41.4 Å². The first-order valence-corrected chi connectivity index (χ1v) is 20.2. The predicted octanol–water partition coefficient (Wildman–Crippen LogP) is 0.0512. The van der Waals surface area contributed by atoms with Gasteiger partial charge in [-0.2, -0.15) is 0 Å². The van der Waals surface area contributed by atoms with E-state index in [1.54, 1.807) is 37.1 Å². The van der Waals surface area contributed by atoms with Crippen molar-refractivity contribution in [3.05, 3.63) is 63.7 Å². The van der Waals surface area contributed by atoms with Gasteiger partial charge in [-0.1, -0.05) is 19.1 Å². The van der Waals surface area contributed by atoms with Gasteiger partial charge >= 0.3 is 0 Å². The average Bonchev–Trinajstić information content (AvgIpc) is 3.76. The molecule has 4 aliphatic rings. The van der Waals surface area contributed by atoms with Crippen LogP contribution in [0.3, 0.4) is 0 Å². The van der Waals surface area contributed by atoms with Crippen LogP contribution in [0.5, 0.6) is 0 Å². The van der Waals surface area contributed by atoms with Crippen LogP contribution in [0.1, 0.15) is 37.3 Å². The first-order chi connectivity index (χ1) is 24.5. The van der Waals surface area contributed by atoms with Crippen molar-refractivity contribution in [2.75, 3.05) is 23.4 Å². The molecule has 3 amide bonds. The van der Waals surface area contributed by atoms with Gasteiger partial charge < -0.3 is 54.9 Å². The van der Waals surface area contributed by atoms with Crippen molar-refractivity contribution in [1.82, 2.24) is 4.90 Å². The molecular formula is C34H44N4O13Si. The third kappa shape index (κ3) is 6.52. The predicted molar refractivity (Wildman–Crippen MR) is 184 cm³/mol. The number of carbonyl (C=O) groups excluding carboxylic acids is 3. The van der Waals surface area contributed by atoms with Gasteiger partial charge in [0.1, 0.15) is 18.3 Å². The van der Waals surface area contributed by atoms with Gasteiger partial charge in [0.2, 0.25) is 5.91 Å². The number of rotatable bonds is 9. The lowest BCUT2D eigenvalue weighted by Gasteiger charge is -2.37. The minimum Gasteiger partial charge on any atom is -0.432 e. The van der Waals surface area contributed by atoms with E-state index >= 15 is 0 Å². The lowest BCUT2D eigenvalue weighted by Crippen LogP contribution is -2.60. The summed E-state index contributed by atoms with van der Waals surface area (Å²) in [7, 11) is -3.15. The van der Waals surface area contributed by atoms with Gasteiger partial charge in [-0.25, -0.2) is 0 Å². The van der Waals surface area contributed by atoms with Crippen LogP contribution in [0, 0.1) is 16.0 Å². The molecule has 2 aromatic carbocycles. The molecule has 4 aliphatic heterocycles. The third-order valence-electron chi connectivity index (χ3n) is 10.9. The highest BCUT2D eigenvalue weighted by Crippen LogP contribution is 2.60. The summed E-state index contributed by atoms with van der Waals surface area (Å²) in [5, 5.41) is 63.9. The first-order valence-electron chi connectivity index (χ1n) is 17.2. The number of benzene rings is 2. The molecule has 10 atom stereocenters. The molecule has 18 heteroatoms. The number of non-ortho nitro benzene ring substituents is 1. The Morgan fingerprint density at radius 3 is 2.40 bits per heavy atom. The SMILES string of the molecule is C[C@H]1[C@H]([Si](C)(C)O)[C@@H](CC(=O)N2CCC[C@H]2CO)O[C@]12C(=O)N(Cc1ccc(NC(=O)[C@H]3O[C@@H](O)[C@H](O)[C@@H](O)[C@@H]3O)cc1)c1ccc([N+](=O)[O-])cc12. The zero-order valence-electron chi connectivity index (χ0n) is 28.9. The van der Waals surface area contributed by atoms with Crippen molar-refractivity contribution in [1.29, 1.82) is 0 Å². The number of hydrogen-bond acceptors (Lipinski definition) is 13. The van der Waals surface area contributed by atoms with Gasteiger partial charge in [-0.3, -0.25) is 24.5 Å². The summed E-state index contributed by atoms with van der Waals surface area (Å²) in [5.41, 5.74) is -1.15. The minimum absolute atomic E-state index is 0.0173. The van der Waals surface area contributed by atoms with E-state index in [0.29, 0.717) is 24.2 Å². The summed E-state index contributed by atoms with van der Waals surface area (Å²) in [5.74, 6) is -2.35. The highest BCUT2D eigenvalue weighted by atomic mass is 28.4. The van der Waals surface area contributed by atoms with E-state index in [2.05, 4.69) is 5.32 Å². The Bertz CT molecular complexity index is 1720. The fourth-order valence-corrected chi connectivity index (χ4v) is 10.9. The van der Waals surface area contributed by atoms with Gasteiger partial charge in [-0.05, 0) is 49.7 Å². The maximum atomic E-state index is 14.7. The molecule has 282 valence electrons. The van der Waals surface area contributed by atoms with E-state index in [9.17, 15) is 54.8 Å². The number of fused-ring (bicyclic) bond motifs is 2. The highest BCUT2D eigenvalue weighted by Gasteiger charge is 2.67. The van der Waals surface area contributed by atoms with Crippen LogP contribution >= 0.6 is 0 Å². The number of nitro groups is 1. The van der Waals surface area contributed by atoms with Crippen LogP contribution in [0.15, 0.2) is 42.5 Å². The maximum absolute atomic E-state index is 14.7. The second-order valence-corrected chi connectivity index (χ2v) is 18.6. The fourth-order valence-electron chi connectivity index (χ4n) is 8.35. The number of nitro benzene ring substituents is 1. The quantitative estimate of drug-likeness (QED) is 0.102. The number of ether oxygens (including phenoxy) is 2. The van der Waals surface area contributed by atoms with E-state index in [1.807, 2.05) is 0 Å². The molecule has 3 fully saturated rings.